The number of unbranched alkanes of at least 4 members (excludes halogenated alkanes) is 31. The minimum absolute atomic E-state index is 0.119. The van der Waals surface area contributed by atoms with Crippen molar-refractivity contribution < 1.29 is 5.11 Å². The molecule has 0 aromatic carbocycles. The van der Waals surface area contributed by atoms with E-state index in [1.165, 1.54) is 212 Å². The highest BCUT2D eigenvalue weighted by Gasteiger charge is 2.01. The first kappa shape index (κ1) is 40.7. The molecular weight excluding hydrogens is 496 g/mol. The molecular formula is C40H80O. The summed E-state index contributed by atoms with van der Waals surface area (Å²) in [5.41, 5.74) is 0. The van der Waals surface area contributed by atoms with E-state index in [0.717, 1.165) is 12.8 Å². The Morgan fingerprint density at radius 1 is 0.341 bits per heavy atom. The van der Waals surface area contributed by atoms with Gasteiger partial charge in [-0.05, 0) is 25.7 Å². The fourth-order valence-corrected chi connectivity index (χ4v) is 6.23. The Hall–Kier alpha value is -0.300. The second-order valence-electron chi connectivity index (χ2n) is 13.5. The van der Waals surface area contributed by atoms with Crippen molar-refractivity contribution in [2.75, 3.05) is 0 Å². The molecule has 0 radical (unpaired) electrons. The summed E-state index contributed by atoms with van der Waals surface area (Å²) in [5, 5.41) is 10.0. The first-order chi connectivity index (χ1) is 20.3. The number of aliphatic hydroxyl groups excluding tert-OH is 1. The minimum Gasteiger partial charge on any atom is -0.393 e. The van der Waals surface area contributed by atoms with Gasteiger partial charge in [0.25, 0.3) is 0 Å². The molecule has 0 aromatic rings. The zero-order valence-electron chi connectivity index (χ0n) is 28.9. The van der Waals surface area contributed by atoms with Crippen LogP contribution in [0.3, 0.4) is 0 Å². The lowest BCUT2D eigenvalue weighted by Gasteiger charge is -2.07. The molecule has 1 heteroatoms. The lowest BCUT2D eigenvalue weighted by molar-refractivity contribution is 0.163. The summed E-state index contributed by atoms with van der Waals surface area (Å²) in [6.07, 6.45) is 53.3. The molecule has 246 valence electrons. The minimum atomic E-state index is -0.119. The van der Waals surface area contributed by atoms with E-state index in [0.29, 0.717) is 0 Å². The van der Waals surface area contributed by atoms with Crippen molar-refractivity contribution in [2.45, 2.75) is 245 Å². The summed E-state index contributed by atoms with van der Waals surface area (Å²) in [6.45, 7) is 4.55. The Labute approximate surface area is 261 Å². The molecule has 0 spiro atoms. The number of allylic oxidation sites excluding steroid dienone is 1. The maximum atomic E-state index is 10.0. The molecule has 0 aliphatic rings. The molecule has 0 heterocycles. The second-order valence-corrected chi connectivity index (χ2v) is 13.5. The van der Waals surface area contributed by atoms with E-state index < -0.39 is 0 Å². The van der Waals surface area contributed by atoms with Gasteiger partial charge in [0.15, 0.2) is 0 Å². The normalized spacial score (nSPS) is 12.6. The van der Waals surface area contributed by atoms with Crippen molar-refractivity contribution in [3.05, 3.63) is 12.2 Å². The van der Waals surface area contributed by atoms with E-state index in [1.54, 1.807) is 0 Å². The Balaban J connectivity index is 3.11. The summed E-state index contributed by atoms with van der Waals surface area (Å²) < 4.78 is 0. The van der Waals surface area contributed by atoms with Crippen molar-refractivity contribution in [1.29, 1.82) is 0 Å². The number of hydrogen-bond donors (Lipinski definition) is 1. The second kappa shape index (κ2) is 37.7. The Morgan fingerprint density at radius 3 is 0.927 bits per heavy atom. The van der Waals surface area contributed by atoms with Crippen LogP contribution < -0.4 is 0 Å². The molecule has 0 fully saturated rings. The SMILES string of the molecule is CCCCCCCCCCCCCCCCCCCCCCCCCCCCCCC=CC[C@H](O)CCCCCC. The molecule has 0 unspecified atom stereocenters. The lowest BCUT2D eigenvalue weighted by atomic mass is 10.0. The van der Waals surface area contributed by atoms with Crippen molar-refractivity contribution in [3.63, 3.8) is 0 Å². The maximum Gasteiger partial charge on any atom is 0.0574 e. The molecule has 1 nitrogen and oxygen atoms in total. The number of aliphatic hydroxyl groups is 1. The average Bonchev–Trinajstić information content (AvgIpc) is 2.98. The topological polar surface area (TPSA) is 20.2 Å². The number of hydrogen-bond acceptors (Lipinski definition) is 1. The molecule has 0 rings (SSSR count). The Morgan fingerprint density at radius 2 is 0.610 bits per heavy atom. The van der Waals surface area contributed by atoms with Crippen molar-refractivity contribution in [2.24, 2.45) is 0 Å². The van der Waals surface area contributed by atoms with Crippen LogP contribution in [-0.4, -0.2) is 11.2 Å². The standard InChI is InChI=1S/C40H80O/c1-3-5-7-9-10-11-12-13-14-15-16-17-18-19-20-21-22-23-24-25-26-27-28-29-30-31-32-33-34-35-37-39-40(41)38-36-8-6-4-2/h35,37,40-41H,3-34,36,38-39H2,1-2H3/t40-/m1/s1. The molecule has 41 heavy (non-hydrogen) atoms. The fourth-order valence-electron chi connectivity index (χ4n) is 6.23. The fraction of sp³-hybridized carbons (Fsp3) is 0.950. The van der Waals surface area contributed by atoms with E-state index >= 15 is 0 Å². The molecule has 0 saturated carbocycles. The van der Waals surface area contributed by atoms with Gasteiger partial charge in [-0.25, -0.2) is 0 Å². The highest BCUT2D eigenvalue weighted by molar-refractivity contribution is 4.84. The van der Waals surface area contributed by atoms with Crippen LogP contribution in [0.25, 0.3) is 0 Å². The van der Waals surface area contributed by atoms with E-state index in [1.807, 2.05) is 0 Å². The maximum absolute atomic E-state index is 10.0. The smallest absolute Gasteiger partial charge is 0.0574 e. The molecule has 0 aromatic heterocycles. The molecule has 0 aliphatic carbocycles. The summed E-state index contributed by atoms with van der Waals surface area (Å²) in [5.74, 6) is 0. The molecule has 1 atom stereocenters. The van der Waals surface area contributed by atoms with E-state index in [9.17, 15) is 5.11 Å². The van der Waals surface area contributed by atoms with Crippen LogP contribution in [0, 0.1) is 0 Å². The summed E-state index contributed by atoms with van der Waals surface area (Å²) in [7, 11) is 0. The summed E-state index contributed by atoms with van der Waals surface area (Å²) in [6, 6.07) is 0. The van der Waals surface area contributed by atoms with Crippen LogP contribution in [0.2, 0.25) is 0 Å². The van der Waals surface area contributed by atoms with Gasteiger partial charge in [-0.2, -0.15) is 0 Å². The first-order valence-corrected chi connectivity index (χ1v) is 19.6. The average molecular weight is 577 g/mol. The van der Waals surface area contributed by atoms with Gasteiger partial charge in [0.05, 0.1) is 6.10 Å². The molecule has 0 bridgehead atoms. The van der Waals surface area contributed by atoms with Gasteiger partial charge in [0.2, 0.25) is 0 Å². The highest BCUT2D eigenvalue weighted by atomic mass is 16.3. The van der Waals surface area contributed by atoms with Crippen molar-refractivity contribution in [3.8, 4) is 0 Å². The molecule has 0 amide bonds. The molecule has 0 saturated heterocycles. The van der Waals surface area contributed by atoms with E-state index in [4.69, 9.17) is 0 Å². The third-order valence-electron chi connectivity index (χ3n) is 9.19. The van der Waals surface area contributed by atoms with Gasteiger partial charge in [0.1, 0.15) is 0 Å². The van der Waals surface area contributed by atoms with Crippen LogP contribution in [0.15, 0.2) is 12.2 Å². The molecule has 1 N–H and O–H groups in total. The third-order valence-corrected chi connectivity index (χ3v) is 9.19. The van der Waals surface area contributed by atoms with Gasteiger partial charge in [-0.15, -0.1) is 0 Å². The lowest BCUT2D eigenvalue weighted by Crippen LogP contribution is -2.04. The van der Waals surface area contributed by atoms with Gasteiger partial charge in [-0.3, -0.25) is 0 Å². The van der Waals surface area contributed by atoms with Crippen LogP contribution in [0.5, 0.6) is 0 Å². The van der Waals surface area contributed by atoms with Crippen molar-refractivity contribution in [1.82, 2.24) is 0 Å². The molecule has 0 aliphatic heterocycles. The van der Waals surface area contributed by atoms with Crippen LogP contribution >= 0.6 is 0 Å². The van der Waals surface area contributed by atoms with Gasteiger partial charge in [0, 0.05) is 0 Å². The summed E-state index contributed by atoms with van der Waals surface area (Å²) in [4.78, 5) is 0. The predicted molar refractivity (Wildman–Crippen MR) is 188 cm³/mol. The largest absolute Gasteiger partial charge is 0.393 e. The van der Waals surface area contributed by atoms with Crippen LogP contribution in [0.1, 0.15) is 239 Å². The first-order valence-electron chi connectivity index (χ1n) is 19.6. The van der Waals surface area contributed by atoms with Gasteiger partial charge < -0.3 is 5.11 Å². The predicted octanol–water partition coefficient (Wildman–Crippen LogP) is 14.6. The van der Waals surface area contributed by atoms with E-state index in [2.05, 4.69) is 26.0 Å². The monoisotopic (exact) mass is 577 g/mol. The van der Waals surface area contributed by atoms with Crippen LogP contribution in [0.4, 0.5) is 0 Å². The Bertz CT molecular complexity index is 469. The van der Waals surface area contributed by atoms with Crippen LogP contribution in [-0.2, 0) is 0 Å². The van der Waals surface area contributed by atoms with Crippen molar-refractivity contribution >= 4 is 0 Å². The Kier molecular flexibility index (Phi) is 37.4. The quantitative estimate of drug-likeness (QED) is 0.0581. The number of rotatable bonds is 36. The zero-order valence-corrected chi connectivity index (χ0v) is 28.9. The van der Waals surface area contributed by atoms with Gasteiger partial charge in [-0.1, -0.05) is 225 Å². The van der Waals surface area contributed by atoms with Gasteiger partial charge >= 0.3 is 0 Å². The highest BCUT2D eigenvalue weighted by Crippen LogP contribution is 2.16. The van der Waals surface area contributed by atoms with E-state index in [-0.39, 0.29) is 6.10 Å². The summed E-state index contributed by atoms with van der Waals surface area (Å²) >= 11 is 0. The third kappa shape index (κ3) is 37.7. The zero-order chi connectivity index (χ0) is 29.7.